The number of phenolic OH excluding ortho intramolecular Hbond substituents is 1. The summed E-state index contributed by atoms with van der Waals surface area (Å²) in [6, 6.07) is 23.3. The SMILES string of the molecule is CCN(CC)C1=CC2C(C=C1)N=c1ccc(N=Nc3ccc(O)cc3)cc1=[N+]2c1ccccc1. The first-order valence-corrected chi connectivity index (χ1v) is 11.7. The van der Waals surface area contributed by atoms with Crippen molar-refractivity contribution in [3.8, 4) is 5.75 Å². The molecule has 0 fully saturated rings. The van der Waals surface area contributed by atoms with Gasteiger partial charge in [-0.2, -0.15) is 14.8 Å². The van der Waals surface area contributed by atoms with Crippen molar-refractivity contribution in [1.82, 2.24) is 9.48 Å². The molecule has 0 bridgehead atoms. The predicted octanol–water partition coefficient (Wildman–Crippen LogP) is 4.80. The average molecular weight is 451 g/mol. The number of phenols is 1. The van der Waals surface area contributed by atoms with E-state index in [1.807, 2.05) is 18.2 Å². The molecule has 5 rings (SSSR count). The van der Waals surface area contributed by atoms with E-state index in [4.69, 9.17) is 4.99 Å². The van der Waals surface area contributed by atoms with Crippen LogP contribution >= 0.6 is 0 Å². The highest BCUT2D eigenvalue weighted by Crippen LogP contribution is 2.24. The summed E-state index contributed by atoms with van der Waals surface area (Å²) in [5.74, 6) is 0.209. The second-order valence-electron chi connectivity index (χ2n) is 8.33. The Morgan fingerprint density at radius 1 is 0.912 bits per heavy atom. The first-order chi connectivity index (χ1) is 16.7. The molecule has 34 heavy (non-hydrogen) atoms. The second kappa shape index (κ2) is 9.43. The minimum absolute atomic E-state index is 0.0384. The molecular weight excluding hydrogens is 422 g/mol. The highest BCUT2D eigenvalue weighted by molar-refractivity contribution is 5.45. The van der Waals surface area contributed by atoms with E-state index in [2.05, 4.69) is 82.1 Å². The van der Waals surface area contributed by atoms with Crippen molar-refractivity contribution in [3.05, 3.63) is 107 Å². The molecule has 6 heteroatoms. The lowest BCUT2D eigenvalue weighted by Gasteiger charge is -2.29. The quantitative estimate of drug-likeness (QED) is 0.433. The Balaban J connectivity index is 1.65. The maximum Gasteiger partial charge on any atom is 0.234 e. The van der Waals surface area contributed by atoms with Gasteiger partial charge in [-0.25, -0.2) is 0 Å². The first kappa shape index (κ1) is 21.8. The van der Waals surface area contributed by atoms with Gasteiger partial charge in [0.2, 0.25) is 17.1 Å². The van der Waals surface area contributed by atoms with Crippen molar-refractivity contribution in [3.63, 3.8) is 0 Å². The molecule has 0 aromatic heterocycles. The van der Waals surface area contributed by atoms with Gasteiger partial charge < -0.3 is 10.0 Å². The van der Waals surface area contributed by atoms with Crippen LogP contribution < -0.4 is 15.3 Å². The van der Waals surface area contributed by atoms with Crippen LogP contribution in [0.2, 0.25) is 0 Å². The van der Waals surface area contributed by atoms with Crippen LogP contribution in [0.15, 0.2) is 112 Å². The fraction of sp³-hybridized carbons (Fsp3) is 0.214. The minimum Gasteiger partial charge on any atom is -0.508 e. The summed E-state index contributed by atoms with van der Waals surface area (Å²) in [5.41, 5.74) is 3.78. The molecular formula is C28H28N5O+. The molecule has 1 heterocycles. The van der Waals surface area contributed by atoms with Gasteiger partial charge in [0.05, 0.1) is 11.4 Å². The number of rotatable bonds is 6. The number of para-hydroxylation sites is 1. The number of fused-ring (bicyclic) bond motifs is 2. The maximum absolute atomic E-state index is 9.49. The number of benzene rings is 3. The number of hydrogen-bond donors (Lipinski definition) is 1. The van der Waals surface area contributed by atoms with Gasteiger partial charge >= 0.3 is 0 Å². The molecule has 3 aromatic carbocycles. The number of azo groups is 1. The van der Waals surface area contributed by atoms with E-state index in [1.165, 1.54) is 5.70 Å². The molecule has 2 unspecified atom stereocenters. The van der Waals surface area contributed by atoms with Gasteiger partial charge in [0.25, 0.3) is 0 Å². The third-order valence-electron chi connectivity index (χ3n) is 6.25. The highest BCUT2D eigenvalue weighted by Gasteiger charge is 2.35. The van der Waals surface area contributed by atoms with Crippen molar-refractivity contribution >= 4 is 17.1 Å². The van der Waals surface area contributed by atoms with Crippen molar-refractivity contribution in [2.24, 2.45) is 15.2 Å². The van der Waals surface area contributed by atoms with E-state index in [-0.39, 0.29) is 17.8 Å². The molecule has 2 atom stereocenters. The van der Waals surface area contributed by atoms with Crippen LogP contribution in [-0.4, -0.2) is 35.2 Å². The number of allylic oxidation sites excluding steroid dienone is 1. The third kappa shape index (κ3) is 4.27. The smallest absolute Gasteiger partial charge is 0.234 e. The molecule has 6 nitrogen and oxygen atoms in total. The summed E-state index contributed by atoms with van der Waals surface area (Å²) < 4.78 is 2.36. The van der Waals surface area contributed by atoms with Crippen LogP contribution in [0.4, 0.5) is 17.1 Å². The van der Waals surface area contributed by atoms with E-state index in [9.17, 15) is 5.11 Å². The van der Waals surface area contributed by atoms with Crippen LogP contribution in [0.25, 0.3) is 0 Å². The van der Waals surface area contributed by atoms with Gasteiger partial charge in [0.15, 0.2) is 0 Å². The van der Waals surface area contributed by atoms with Gasteiger partial charge in [-0.05, 0) is 56.3 Å². The fourth-order valence-corrected chi connectivity index (χ4v) is 4.52. The Hall–Kier alpha value is -4.06. The summed E-state index contributed by atoms with van der Waals surface area (Å²) in [7, 11) is 0. The van der Waals surface area contributed by atoms with Crippen LogP contribution in [-0.2, 0) is 0 Å². The van der Waals surface area contributed by atoms with Crippen LogP contribution in [0.1, 0.15) is 13.8 Å². The molecule has 0 amide bonds. The van der Waals surface area contributed by atoms with Crippen molar-refractivity contribution < 1.29 is 5.11 Å². The Morgan fingerprint density at radius 2 is 1.62 bits per heavy atom. The molecule has 2 aliphatic rings. The summed E-state index contributed by atoms with van der Waals surface area (Å²) in [6.45, 7) is 6.30. The van der Waals surface area contributed by atoms with Gasteiger partial charge in [-0.1, -0.05) is 24.3 Å². The largest absolute Gasteiger partial charge is 0.508 e. The number of likely N-dealkylation sites (N-methyl/N-ethyl adjacent to an activating group) is 1. The normalized spacial score (nSPS) is 18.8. The molecule has 1 aliphatic carbocycles. The summed E-state index contributed by atoms with van der Waals surface area (Å²) >= 11 is 0. The first-order valence-electron chi connectivity index (χ1n) is 11.7. The number of hydrogen-bond acceptors (Lipinski definition) is 5. The van der Waals surface area contributed by atoms with Gasteiger partial charge in [0, 0.05) is 43.1 Å². The standard InChI is InChI=1S/C28H27N5O/c1-3-32(4-2)23-13-17-26-28(19-23)33(22-8-6-5-7-9-22)27-18-21(12-16-25(27)29-26)31-30-20-10-14-24(34)15-11-20/h5-19,26,28H,3-4H2,1-2H3/p+1. The number of aromatic hydroxyl groups is 1. The Labute approximate surface area is 199 Å². The van der Waals surface area contributed by atoms with Gasteiger partial charge in [-0.15, -0.1) is 0 Å². The molecule has 170 valence electrons. The van der Waals surface area contributed by atoms with E-state index < -0.39 is 0 Å². The average Bonchev–Trinajstić information content (AvgIpc) is 2.88. The molecule has 1 N–H and O–H groups in total. The third-order valence-corrected chi connectivity index (χ3v) is 6.25. The van der Waals surface area contributed by atoms with Crippen LogP contribution in [0.5, 0.6) is 5.75 Å². The molecule has 0 spiro atoms. The predicted molar refractivity (Wildman–Crippen MR) is 135 cm³/mol. The molecule has 0 saturated carbocycles. The van der Waals surface area contributed by atoms with E-state index in [1.54, 1.807) is 24.3 Å². The zero-order chi connectivity index (χ0) is 23.5. The lowest BCUT2D eigenvalue weighted by atomic mass is 9.97. The van der Waals surface area contributed by atoms with Crippen LogP contribution in [0, 0.1) is 0 Å². The van der Waals surface area contributed by atoms with Crippen molar-refractivity contribution in [1.29, 1.82) is 0 Å². The lowest BCUT2D eigenvalue weighted by Crippen LogP contribution is -2.52. The van der Waals surface area contributed by atoms with Crippen molar-refractivity contribution in [2.75, 3.05) is 13.1 Å². The Bertz CT molecular complexity index is 1390. The monoisotopic (exact) mass is 450 g/mol. The Kier molecular flexibility index (Phi) is 6.04. The fourth-order valence-electron chi connectivity index (χ4n) is 4.52. The number of nitrogens with zero attached hydrogens (tertiary/aromatic N) is 5. The maximum atomic E-state index is 9.49. The molecule has 1 aliphatic heterocycles. The van der Waals surface area contributed by atoms with Crippen molar-refractivity contribution in [2.45, 2.75) is 25.9 Å². The molecule has 0 radical (unpaired) electrons. The van der Waals surface area contributed by atoms with E-state index in [0.717, 1.165) is 35.2 Å². The molecule has 3 aromatic rings. The topological polar surface area (TPSA) is 63.6 Å². The summed E-state index contributed by atoms with van der Waals surface area (Å²) in [4.78, 5) is 7.43. The second-order valence-corrected chi connectivity index (χ2v) is 8.33. The summed E-state index contributed by atoms with van der Waals surface area (Å²) in [6.07, 6.45) is 6.75. The van der Waals surface area contributed by atoms with Gasteiger partial charge in [-0.3, -0.25) is 4.99 Å². The highest BCUT2D eigenvalue weighted by atomic mass is 16.3. The Morgan fingerprint density at radius 3 is 2.35 bits per heavy atom. The van der Waals surface area contributed by atoms with E-state index >= 15 is 0 Å². The molecule has 0 saturated heterocycles. The van der Waals surface area contributed by atoms with Gasteiger partial charge in [0.1, 0.15) is 17.1 Å². The zero-order valence-electron chi connectivity index (χ0n) is 19.4. The lowest BCUT2D eigenvalue weighted by molar-refractivity contribution is 0.382. The summed E-state index contributed by atoms with van der Waals surface area (Å²) in [5, 5.41) is 20.2. The van der Waals surface area contributed by atoms with E-state index in [0.29, 0.717) is 5.69 Å². The zero-order valence-corrected chi connectivity index (χ0v) is 19.4. The minimum atomic E-state index is 0.0384. The van der Waals surface area contributed by atoms with Crippen LogP contribution in [0.3, 0.4) is 0 Å².